The number of aromatic nitrogens is 1. The first-order chi connectivity index (χ1) is 8.10. The number of hydrogen-bond donors (Lipinski definition) is 1. The van der Waals surface area contributed by atoms with Gasteiger partial charge in [-0.2, -0.15) is 0 Å². The predicted molar refractivity (Wildman–Crippen MR) is 58.1 cm³/mol. The molecule has 0 fully saturated rings. The molecular weight excluding hydrogens is 251 g/mol. The molecule has 0 saturated carbocycles. The number of hydrogen-bond acceptors (Lipinski definition) is 4. The second kappa shape index (κ2) is 6.15. The van der Waals surface area contributed by atoms with Crippen molar-refractivity contribution in [3.8, 4) is 0 Å². The highest BCUT2D eigenvalue weighted by molar-refractivity contribution is 6.31. The fourth-order valence-corrected chi connectivity index (χ4v) is 1.33. The molecule has 0 atom stereocenters. The largest absolute Gasteiger partial charge is 0.461 e. The van der Waals surface area contributed by atoms with Crippen LogP contribution in [-0.4, -0.2) is 24.0 Å². The van der Waals surface area contributed by atoms with Crippen LogP contribution in [0.4, 0.5) is 4.39 Å². The Morgan fingerprint density at radius 1 is 1.71 bits per heavy atom. The fourth-order valence-electron chi connectivity index (χ4n) is 1.12. The summed E-state index contributed by atoms with van der Waals surface area (Å²) in [7, 11) is 0. The molecule has 1 N–H and O–H groups in total. The average molecular weight is 261 g/mol. The van der Waals surface area contributed by atoms with Gasteiger partial charge in [0.2, 0.25) is 6.41 Å². The highest BCUT2D eigenvalue weighted by Crippen LogP contribution is 2.19. The summed E-state index contributed by atoms with van der Waals surface area (Å²) in [5.74, 6) is -1.82. The van der Waals surface area contributed by atoms with Gasteiger partial charge >= 0.3 is 5.97 Å². The van der Waals surface area contributed by atoms with E-state index in [1.54, 1.807) is 6.92 Å². The number of carbonyl (C=O) groups is 2. The molecule has 1 aromatic rings. The number of halogens is 2. The van der Waals surface area contributed by atoms with E-state index in [4.69, 9.17) is 11.6 Å². The van der Waals surface area contributed by atoms with Gasteiger partial charge in [-0.15, -0.1) is 0 Å². The van der Waals surface area contributed by atoms with Gasteiger partial charge in [0, 0.05) is 0 Å². The van der Waals surface area contributed by atoms with Crippen LogP contribution in [0.3, 0.4) is 0 Å². The highest BCUT2D eigenvalue weighted by atomic mass is 35.5. The monoisotopic (exact) mass is 260 g/mol. The quantitative estimate of drug-likeness (QED) is 0.640. The predicted octanol–water partition coefficient (Wildman–Crippen LogP) is 1.30. The van der Waals surface area contributed by atoms with Crippen molar-refractivity contribution in [3.63, 3.8) is 0 Å². The number of ether oxygens (including phenoxy) is 1. The Kier molecular flexibility index (Phi) is 4.84. The Bertz CT molecular complexity index is 440. The lowest BCUT2D eigenvalue weighted by atomic mass is 10.3. The number of carbonyl (C=O) groups excluding carboxylic acids is 2. The van der Waals surface area contributed by atoms with E-state index in [-0.39, 0.29) is 23.9 Å². The van der Waals surface area contributed by atoms with Crippen LogP contribution >= 0.6 is 11.6 Å². The highest BCUT2D eigenvalue weighted by Gasteiger charge is 2.19. The van der Waals surface area contributed by atoms with Crippen LogP contribution in [0.2, 0.25) is 5.02 Å². The van der Waals surface area contributed by atoms with Gasteiger partial charge in [-0.05, 0) is 13.0 Å². The van der Waals surface area contributed by atoms with E-state index in [0.717, 1.165) is 0 Å². The standard InChI is InChI=1S/C10H10ClFN2O3/c1-2-17-10(16)9-8(12)7(11)3-6(14-9)4-13-5-15/h3,5H,2,4H2,1H3,(H,13,15). The smallest absolute Gasteiger partial charge is 0.360 e. The zero-order valence-electron chi connectivity index (χ0n) is 9.00. The molecule has 92 valence electrons. The lowest BCUT2D eigenvalue weighted by Crippen LogP contribution is -2.16. The van der Waals surface area contributed by atoms with E-state index >= 15 is 0 Å². The molecule has 0 bridgehead atoms. The Hall–Kier alpha value is -1.69. The third kappa shape index (κ3) is 3.39. The summed E-state index contributed by atoms with van der Waals surface area (Å²) in [5.41, 5.74) is -0.214. The topological polar surface area (TPSA) is 68.3 Å². The second-order valence-corrected chi connectivity index (χ2v) is 3.38. The molecule has 17 heavy (non-hydrogen) atoms. The third-order valence-corrected chi connectivity index (χ3v) is 2.08. The van der Waals surface area contributed by atoms with E-state index in [1.807, 2.05) is 0 Å². The lowest BCUT2D eigenvalue weighted by Gasteiger charge is -2.06. The molecule has 0 aliphatic rings. The summed E-state index contributed by atoms with van der Waals surface area (Å²) >= 11 is 5.60. The van der Waals surface area contributed by atoms with E-state index in [9.17, 15) is 14.0 Å². The van der Waals surface area contributed by atoms with Crippen LogP contribution < -0.4 is 5.32 Å². The van der Waals surface area contributed by atoms with Crippen molar-refractivity contribution in [3.05, 3.63) is 28.3 Å². The molecule has 1 aromatic heterocycles. The van der Waals surface area contributed by atoms with Crippen molar-refractivity contribution >= 4 is 24.0 Å². The first-order valence-corrected chi connectivity index (χ1v) is 5.17. The summed E-state index contributed by atoms with van der Waals surface area (Å²) in [5, 5.41) is 2.09. The van der Waals surface area contributed by atoms with Gasteiger partial charge in [-0.25, -0.2) is 14.2 Å². The number of esters is 1. The van der Waals surface area contributed by atoms with Crippen LogP contribution in [-0.2, 0) is 16.1 Å². The Morgan fingerprint density at radius 2 is 2.41 bits per heavy atom. The van der Waals surface area contributed by atoms with Crippen LogP contribution in [0.5, 0.6) is 0 Å². The number of amides is 1. The zero-order valence-corrected chi connectivity index (χ0v) is 9.75. The minimum absolute atomic E-state index is 0.0515. The molecule has 1 heterocycles. The van der Waals surface area contributed by atoms with E-state index < -0.39 is 17.5 Å². The molecule has 0 unspecified atom stereocenters. The van der Waals surface area contributed by atoms with Crippen LogP contribution in [0.1, 0.15) is 23.1 Å². The van der Waals surface area contributed by atoms with Crippen molar-refractivity contribution in [1.29, 1.82) is 0 Å². The fraction of sp³-hybridized carbons (Fsp3) is 0.300. The van der Waals surface area contributed by atoms with Crippen LogP contribution in [0.25, 0.3) is 0 Å². The van der Waals surface area contributed by atoms with E-state index in [0.29, 0.717) is 6.41 Å². The first-order valence-electron chi connectivity index (χ1n) is 4.79. The number of nitrogens with zero attached hydrogens (tertiary/aromatic N) is 1. The summed E-state index contributed by atoms with van der Waals surface area (Å²) in [6, 6.07) is 1.23. The van der Waals surface area contributed by atoms with Gasteiger partial charge in [-0.3, -0.25) is 4.79 Å². The minimum atomic E-state index is -0.931. The molecule has 0 saturated heterocycles. The molecule has 7 heteroatoms. The molecule has 0 aromatic carbocycles. The van der Waals surface area contributed by atoms with Crippen molar-refractivity contribution in [1.82, 2.24) is 10.3 Å². The van der Waals surface area contributed by atoms with E-state index in [1.165, 1.54) is 6.07 Å². The van der Waals surface area contributed by atoms with E-state index in [2.05, 4.69) is 15.0 Å². The molecule has 5 nitrogen and oxygen atoms in total. The number of nitrogens with one attached hydrogen (secondary N) is 1. The lowest BCUT2D eigenvalue weighted by molar-refractivity contribution is -0.109. The zero-order chi connectivity index (χ0) is 12.8. The maximum absolute atomic E-state index is 13.5. The first kappa shape index (κ1) is 13.4. The summed E-state index contributed by atoms with van der Waals surface area (Å²) in [6.07, 6.45) is 0.461. The molecule has 0 radical (unpaired) electrons. The number of rotatable bonds is 5. The SMILES string of the molecule is CCOC(=O)c1nc(CNC=O)cc(Cl)c1F. The van der Waals surface area contributed by atoms with Crippen molar-refractivity contribution in [2.24, 2.45) is 0 Å². The van der Waals surface area contributed by atoms with Crippen molar-refractivity contribution in [2.75, 3.05) is 6.61 Å². The number of pyridine rings is 1. The van der Waals surface area contributed by atoms with Crippen molar-refractivity contribution in [2.45, 2.75) is 13.5 Å². The summed E-state index contributed by atoms with van der Waals surface area (Å²) in [4.78, 5) is 25.2. The van der Waals surface area contributed by atoms with Crippen molar-refractivity contribution < 1.29 is 18.7 Å². The maximum atomic E-state index is 13.5. The Morgan fingerprint density at radius 3 is 3.00 bits per heavy atom. The molecule has 1 amide bonds. The molecular formula is C10H10ClFN2O3. The third-order valence-electron chi connectivity index (χ3n) is 1.80. The van der Waals surface area contributed by atoms with Gasteiger partial charge in [0.05, 0.1) is 23.9 Å². The van der Waals surface area contributed by atoms with Gasteiger partial charge < -0.3 is 10.1 Å². The Labute approximate surface area is 102 Å². The van der Waals surface area contributed by atoms with Crippen LogP contribution in [0, 0.1) is 5.82 Å². The van der Waals surface area contributed by atoms with Gasteiger partial charge in [-0.1, -0.05) is 11.6 Å². The maximum Gasteiger partial charge on any atom is 0.360 e. The average Bonchev–Trinajstić information content (AvgIpc) is 2.30. The van der Waals surface area contributed by atoms with Gasteiger partial charge in [0.15, 0.2) is 11.5 Å². The minimum Gasteiger partial charge on any atom is -0.461 e. The molecule has 0 aliphatic carbocycles. The molecule has 1 rings (SSSR count). The normalized spacial score (nSPS) is 9.82. The molecule has 0 spiro atoms. The Balaban J connectivity index is 3.06. The summed E-state index contributed by atoms with van der Waals surface area (Å²) < 4.78 is 18.1. The second-order valence-electron chi connectivity index (χ2n) is 2.98. The van der Waals surface area contributed by atoms with Crippen LogP contribution in [0.15, 0.2) is 6.07 Å². The molecule has 0 aliphatic heterocycles. The summed E-state index contributed by atoms with van der Waals surface area (Å²) in [6.45, 7) is 1.75. The van der Waals surface area contributed by atoms with Gasteiger partial charge in [0.1, 0.15) is 0 Å². The van der Waals surface area contributed by atoms with Gasteiger partial charge in [0.25, 0.3) is 0 Å².